The van der Waals surface area contributed by atoms with Crippen molar-refractivity contribution in [2.75, 3.05) is 31.1 Å². The Hall–Kier alpha value is -4.43. The summed E-state index contributed by atoms with van der Waals surface area (Å²) in [6.45, 7) is 2.80. The molecule has 0 spiro atoms. The van der Waals surface area contributed by atoms with E-state index >= 15 is 0 Å². The van der Waals surface area contributed by atoms with Gasteiger partial charge in [0.2, 0.25) is 0 Å². The van der Waals surface area contributed by atoms with Gasteiger partial charge in [0, 0.05) is 55.1 Å². The van der Waals surface area contributed by atoms with Crippen molar-refractivity contribution < 1.29 is 18.3 Å². The molecule has 0 amide bonds. The zero-order chi connectivity index (χ0) is 25.5. The van der Waals surface area contributed by atoms with Crippen LogP contribution in [0.3, 0.4) is 0 Å². The average Bonchev–Trinajstić information content (AvgIpc) is 2.90. The molecule has 0 aliphatic carbocycles. The van der Waals surface area contributed by atoms with E-state index in [1.54, 1.807) is 42.5 Å². The van der Waals surface area contributed by atoms with Gasteiger partial charge in [-0.2, -0.15) is 0 Å². The maximum atomic E-state index is 14.2. The monoisotopic (exact) mass is 498 g/mol. The molecule has 1 N–H and O–H groups in total. The number of aromatic hydroxyl groups is 1. The first-order valence-corrected chi connectivity index (χ1v) is 12.0. The van der Waals surface area contributed by atoms with Gasteiger partial charge in [-0.05, 0) is 36.4 Å². The van der Waals surface area contributed by atoms with Gasteiger partial charge in [-0.3, -0.25) is 4.90 Å². The minimum atomic E-state index is -0.633. The molecule has 1 fully saturated rings. The van der Waals surface area contributed by atoms with Crippen LogP contribution >= 0.6 is 0 Å². The zero-order valence-electron chi connectivity index (χ0n) is 19.8. The second-order valence-corrected chi connectivity index (χ2v) is 9.12. The van der Waals surface area contributed by atoms with Crippen LogP contribution in [0.1, 0.15) is 5.56 Å². The molecule has 5 aromatic rings. The highest BCUT2D eigenvalue weighted by Gasteiger charge is 2.23. The summed E-state index contributed by atoms with van der Waals surface area (Å²) in [4.78, 5) is 29.6. The summed E-state index contributed by atoms with van der Waals surface area (Å²) >= 11 is 0. The Kier molecular flexibility index (Phi) is 5.73. The summed E-state index contributed by atoms with van der Waals surface area (Å²) < 4.78 is 25.3. The molecule has 0 bridgehead atoms. The number of phenols is 1. The molecule has 0 unspecified atom stereocenters. The molecular formula is C29H23FN2O5. The molecule has 1 aliphatic rings. The van der Waals surface area contributed by atoms with Gasteiger partial charge in [0.05, 0.1) is 16.8 Å². The number of halogens is 1. The van der Waals surface area contributed by atoms with Gasteiger partial charge in [0.1, 0.15) is 22.7 Å². The van der Waals surface area contributed by atoms with Crippen LogP contribution in [0.25, 0.3) is 33.1 Å². The highest BCUT2D eigenvalue weighted by atomic mass is 19.1. The Morgan fingerprint density at radius 3 is 2.41 bits per heavy atom. The number of piperazine rings is 1. The first-order valence-electron chi connectivity index (χ1n) is 12.0. The number of rotatable bonds is 4. The fraction of sp³-hybridized carbons (Fsp3) is 0.172. The summed E-state index contributed by atoms with van der Waals surface area (Å²) in [6.07, 6.45) is 0. The third kappa shape index (κ3) is 4.25. The van der Waals surface area contributed by atoms with Gasteiger partial charge in [0.25, 0.3) is 0 Å². The smallest absolute Gasteiger partial charge is 0.344 e. The quantitative estimate of drug-likeness (QED) is 0.359. The van der Waals surface area contributed by atoms with E-state index in [0.29, 0.717) is 60.5 Å². The van der Waals surface area contributed by atoms with Crippen molar-refractivity contribution >= 4 is 27.6 Å². The van der Waals surface area contributed by atoms with Crippen LogP contribution in [0, 0.1) is 5.82 Å². The second-order valence-electron chi connectivity index (χ2n) is 9.12. The van der Waals surface area contributed by atoms with Crippen molar-refractivity contribution in [1.29, 1.82) is 0 Å². The van der Waals surface area contributed by atoms with Crippen molar-refractivity contribution in [3.63, 3.8) is 0 Å². The molecule has 6 rings (SSSR count). The van der Waals surface area contributed by atoms with E-state index in [4.69, 9.17) is 8.83 Å². The van der Waals surface area contributed by atoms with Crippen molar-refractivity contribution in [3.8, 4) is 16.9 Å². The molecule has 3 heterocycles. The molecular weight excluding hydrogens is 475 g/mol. The van der Waals surface area contributed by atoms with E-state index in [1.807, 2.05) is 23.1 Å². The van der Waals surface area contributed by atoms with Crippen LogP contribution in [-0.4, -0.2) is 36.2 Å². The molecule has 0 atom stereocenters. The van der Waals surface area contributed by atoms with Gasteiger partial charge >= 0.3 is 11.3 Å². The first-order chi connectivity index (χ1) is 18.0. The summed E-state index contributed by atoms with van der Waals surface area (Å²) in [5, 5.41) is 12.0. The molecule has 3 aromatic carbocycles. The maximum absolute atomic E-state index is 14.2. The average molecular weight is 499 g/mol. The summed E-state index contributed by atoms with van der Waals surface area (Å²) in [6, 6.07) is 20.0. The normalized spacial score (nSPS) is 14.5. The predicted molar refractivity (Wildman–Crippen MR) is 140 cm³/mol. The Balaban J connectivity index is 1.36. The van der Waals surface area contributed by atoms with E-state index in [-0.39, 0.29) is 22.7 Å². The summed E-state index contributed by atoms with van der Waals surface area (Å²) in [5.74, 6) is -0.259. The molecule has 0 saturated carbocycles. The number of fused-ring (bicyclic) bond motifs is 2. The lowest BCUT2D eigenvalue weighted by Gasteiger charge is -2.36. The van der Waals surface area contributed by atoms with E-state index < -0.39 is 11.3 Å². The lowest BCUT2D eigenvalue weighted by atomic mass is 9.99. The van der Waals surface area contributed by atoms with Crippen LogP contribution < -0.4 is 16.2 Å². The molecule has 186 valence electrons. The van der Waals surface area contributed by atoms with Gasteiger partial charge in [-0.1, -0.05) is 30.3 Å². The van der Waals surface area contributed by atoms with Crippen LogP contribution in [0.2, 0.25) is 0 Å². The third-order valence-electron chi connectivity index (χ3n) is 6.87. The standard InChI is InChI=1S/C29H23FN2O5/c30-23-6-2-3-7-24(23)32-13-11-31(12-14-32)17-22-25(33)10-9-19-20(16-27(34)37-28(19)22)21-15-18-5-1-4-8-26(18)36-29(21)35/h1-10,15-16,33H,11-14,17H2. The molecule has 37 heavy (non-hydrogen) atoms. The number of benzene rings is 3. The Morgan fingerprint density at radius 1 is 0.838 bits per heavy atom. The first kappa shape index (κ1) is 23.0. The number of phenolic OH excluding ortho intramolecular Hbond substituents is 1. The van der Waals surface area contributed by atoms with Crippen LogP contribution in [0.15, 0.2) is 91.2 Å². The Labute approximate surface area is 210 Å². The van der Waals surface area contributed by atoms with Gasteiger partial charge in [-0.15, -0.1) is 0 Å². The molecule has 1 aliphatic heterocycles. The fourth-order valence-electron chi connectivity index (χ4n) is 4.98. The number of hydrogen-bond donors (Lipinski definition) is 1. The van der Waals surface area contributed by atoms with E-state index in [9.17, 15) is 19.1 Å². The fourth-order valence-corrected chi connectivity index (χ4v) is 4.98. The number of para-hydroxylation sites is 2. The van der Waals surface area contributed by atoms with Gasteiger partial charge in [0.15, 0.2) is 0 Å². The molecule has 1 saturated heterocycles. The number of hydrogen-bond acceptors (Lipinski definition) is 7. The lowest BCUT2D eigenvalue weighted by Crippen LogP contribution is -2.46. The molecule has 8 heteroatoms. The number of nitrogens with zero attached hydrogens (tertiary/aromatic N) is 2. The Bertz CT molecular complexity index is 1750. The van der Waals surface area contributed by atoms with Crippen LogP contribution in [0.4, 0.5) is 10.1 Å². The predicted octanol–water partition coefficient (Wildman–Crippen LogP) is 4.73. The summed E-state index contributed by atoms with van der Waals surface area (Å²) in [5.41, 5.74) is 1.14. The van der Waals surface area contributed by atoms with Crippen molar-refractivity contribution in [2.24, 2.45) is 0 Å². The van der Waals surface area contributed by atoms with Crippen molar-refractivity contribution in [1.82, 2.24) is 4.90 Å². The van der Waals surface area contributed by atoms with Gasteiger partial charge in [-0.25, -0.2) is 14.0 Å². The van der Waals surface area contributed by atoms with E-state index in [1.165, 1.54) is 12.1 Å². The largest absolute Gasteiger partial charge is 0.507 e. The second kappa shape index (κ2) is 9.22. The molecule has 7 nitrogen and oxygen atoms in total. The van der Waals surface area contributed by atoms with Crippen LogP contribution in [0.5, 0.6) is 5.75 Å². The minimum Gasteiger partial charge on any atom is -0.507 e. The molecule has 0 radical (unpaired) electrons. The van der Waals surface area contributed by atoms with Crippen molar-refractivity contribution in [2.45, 2.75) is 6.54 Å². The van der Waals surface area contributed by atoms with Crippen molar-refractivity contribution in [3.05, 3.63) is 105 Å². The minimum absolute atomic E-state index is 0.00474. The summed E-state index contributed by atoms with van der Waals surface area (Å²) in [7, 11) is 0. The Morgan fingerprint density at radius 2 is 1.59 bits per heavy atom. The maximum Gasteiger partial charge on any atom is 0.344 e. The SMILES string of the molecule is O=c1cc(-c2cc3ccccc3oc2=O)c2ccc(O)c(CN3CCN(c4ccccc4F)CC3)c2o1. The molecule has 2 aromatic heterocycles. The van der Waals surface area contributed by atoms with Crippen LogP contribution in [-0.2, 0) is 6.54 Å². The zero-order valence-corrected chi connectivity index (χ0v) is 19.8. The number of anilines is 1. The topological polar surface area (TPSA) is 87.1 Å². The van der Waals surface area contributed by atoms with Gasteiger partial charge < -0.3 is 18.8 Å². The highest BCUT2D eigenvalue weighted by Crippen LogP contribution is 2.34. The third-order valence-corrected chi connectivity index (χ3v) is 6.87. The highest BCUT2D eigenvalue weighted by molar-refractivity contribution is 5.97. The van der Waals surface area contributed by atoms with E-state index in [2.05, 4.69) is 4.90 Å². The van der Waals surface area contributed by atoms with E-state index in [0.717, 1.165) is 5.39 Å². The lowest BCUT2D eigenvalue weighted by molar-refractivity contribution is 0.246.